The van der Waals surface area contributed by atoms with Gasteiger partial charge in [0.1, 0.15) is 0 Å². The molecule has 0 bridgehead atoms. The van der Waals surface area contributed by atoms with E-state index in [-0.39, 0.29) is 16.7 Å². The highest BCUT2D eigenvalue weighted by atomic mass is 79.9. The number of hydrogen-bond donors (Lipinski definition) is 0. The van der Waals surface area contributed by atoms with E-state index in [0.29, 0.717) is 31.0 Å². The molecule has 4 nitrogen and oxygen atoms in total. The Morgan fingerprint density at radius 3 is 2.37 bits per heavy atom. The molecule has 2 aliphatic heterocycles. The van der Waals surface area contributed by atoms with Crippen LogP contribution in [-0.2, 0) is 11.3 Å². The van der Waals surface area contributed by atoms with Gasteiger partial charge < -0.3 is 9.80 Å². The number of benzene rings is 2. The van der Waals surface area contributed by atoms with E-state index < -0.39 is 0 Å². The molecule has 2 aromatic carbocycles. The molecule has 2 saturated heterocycles. The van der Waals surface area contributed by atoms with Crippen molar-refractivity contribution in [3.63, 3.8) is 0 Å². The highest BCUT2D eigenvalue weighted by Crippen LogP contribution is 2.45. The van der Waals surface area contributed by atoms with E-state index in [0.717, 1.165) is 22.9 Å². The lowest BCUT2D eigenvalue weighted by Crippen LogP contribution is -2.52. The van der Waals surface area contributed by atoms with Gasteiger partial charge in [-0.05, 0) is 42.7 Å². The van der Waals surface area contributed by atoms with Crippen molar-refractivity contribution in [1.82, 2.24) is 9.80 Å². The first-order chi connectivity index (χ1) is 13.1. The first-order valence-corrected chi connectivity index (χ1v) is 10.9. The fourth-order valence-corrected chi connectivity index (χ4v) is 5.43. The van der Waals surface area contributed by atoms with Crippen LogP contribution in [0.5, 0.6) is 0 Å². The van der Waals surface area contributed by atoms with Gasteiger partial charge in [0.05, 0.1) is 10.6 Å². The summed E-state index contributed by atoms with van der Waals surface area (Å²) in [5, 5.41) is 0. The molecule has 0 N–H and O–H groups in total. The fourth-order valence-electron chi connectivity index (χ4n) is 3.83. The summed E-state index contributed by atoms with van der Waals surface area (Å²) in [7, 11) is 0. The zero-order chi connectivity index (χ0) is 18.9. The van der Waals surface area contributed by atoms with Gasteiger partial charge in [0.2, 0.25) is 5.91 Å². The Balaban J connectivity index is 1.45. The topological polar surface area (TPSA) is 40.6 Å². The van der Waals surface area contributed by atoms with Gasteiger partial charge >= 0.3 is 0 Å². The molecule has 0 unspecified atom stereocenters. The second kappa shape index (κ2) is 7.68. The van der Waals surface area contributed by atoms with Crippen LogP contribution < -0.4 is 0 Å². The third kappa shape index (κ3) is 3.78. The van der Waals surface area contributed by atoms with Crippen molar-refractivity contribution < 1.29 is 9.59 Å². The molecule has 2 amide bonds. The maximum absolute atomic E-state index is 12.8. The van der Waals surface area contributed by atoms with Gasteiger partial charge in [-0.3, -0.25) is 9.59 Å². The number of nitrogens with zero attached hydrogens (tertiary/aromatic N) is 2. The summed E-state index contributed by atoms with van der Waals surface area (Å²) in [6.45, 7) is 2.01. The normalized spacial score (nSPS) is 18.9. The second-order valence-electron chi connectivity index (χ2n) is 7.00. The maximum atomic E-state index is 12.8. The summed E-state index contributed by atoms with van der Waals surface area (Å²) in [6.07, 6.45) is 1.64. The monoisotopic (exact) mass is 444 g/mol. The number of carbonyl (C=O) groups excluding carboxylic acids is 2. The Morgan fingerprint density at radius 1 is 1.04 bits per heavy atom. The van der Waals surface area contributed by atoms with E-state index in [2.05, 4.69) is 28.1 Å². The Morgan fingerprint density at radius 2 is 1.70 bits per heavy atom. The van der Waals surface area contributed by atoms with Crippen LogP contribution in [0.25, 0.3) is 0 Å². The molecule has 27 heavy (non-hydrogen) atoms. The minimum absolute atomic E-state index is 0.0706. The van der Waals surface area contributed by atoms with Gasteiger partial charge in [0.15, 0.2) is 0 Å². The number of halogens is 1. The average Bonchev–Trinajstić information content (AvgIpc) is 2.99. The lowest BCUT2D eigenvalue weighted by Gasteiger charge is -2.44. The van der Waals surface area contributed by atoms with Crippen LogP contribution in [-0.4, -0.2) is 45.3 Å². The first-order valence-electron chi connectivity index (χ1n) is 9.11. The molecule has 0 atom stereocenters. The number of hydrogen-bond acceptors (Lipinski definition) is 3. The Bertz CT molecular complexity index is 833. The highest BCUT2D eigenvalue weighted by molar-refractivity contribution is 9.10. The molecule has 2 heterocycles. The zero-order valence-electron chi connectivity index (χ0n) is 14.9. The standard InChI is InChI=1S/C21H21BrN2O2S/c22-18-8-6-17(7-9-18)20(26)23-12-10-21(11-13-23)24(19(25)15-27-21)14-16-4-2-1-3-5-16/h1-9H,10-15H2. The molecule has 2 fully saturated rings. The van der Waals surface area contributed by atoms with Gasteiger partial charge in [-0.15, -0.1) is 11.8 Å². The van der Waals surface area contributed by atoms with E-state index in [1.807, 2.05) is 52.3 Å². The van der Waals surface area contributed by atoms with Crippen LogP contribution in [0.1, 0.15) is 28.8 Å². The van der Waals surface area contributed by atoms with Crippen molar-refractivity contribution in [3.05, 3.63) is 70.2 Å². The van der Waals surface area contributed by atoms with E-state index in [1.54, 1.807) is 11.8 Å². The first kappa shape index (κ1) is 18.6. The third-order valence-corrected chi connectivity index (χ3v) is 7.45. The Kier molecular flexibility index (Phi) is 5.28. The van der Waals surface area contributed by atoms with E-state index in [1.165, 1.54) is 0 Å². The molecule has 0 radical (unpaired) electrons. The molecule has 4 rings (SSSR count). The predicted octanol–water partition coefficient (Wildman–Crippen LogP) is 4.16. The van der Waals surface area contributed by atoms with E-state index in [9.17, 15) is 9.59 Å². The predicted molar refractivity (Wildman–Crippen MR) is 111 cm³/mol. The maximum Gasteiger partial charge on any atom is 0.253 e. The molecule has 6 heteroatoms. The molecule has 1 spiro atoms. The molecular formula is C21H21BrN2O2S. The fraction of sp³-hybridized carbons (Fsp3) is 0.333. The second-order valence-corrected chi connectivity index (χ2v) is 9.25. The van der Waals surface area contributed by atoms with Gasteiger partial charge in [-0.2, -0.15) is 0 Å². The summed E-state index contributed by atoms with van der Waals surface area (Å²) < 4.78 is 0.967. The molecule has 0 aliphatic carbocycles. The van der Waals surface area contributed by atoms with Gasteiger partial charge in [-0.1, -0.05) is 46.3 Å². The Hall–Kier alpha value is -1.79. The lowest BCUT2D eigenvalue weighted by molar-refractivity contribution is -0.131. The van der Waals surface area contributed by atoms with Crippen molar-refractivity contribution in [2.24, 2.45) is 0 Å². The molecule has 2 aliphatic rings. The van der Waals surface area contributed by atoms with Crippen LogP contribution in [0.3, 0.4) is 0 Å². The number of rotatable bonds is 3. The molecule has 2 aromatic rings. The summed E-state index contributed by atoms with van der Waals surface area (Å²) >= 11 is 5.15. The number of likely N-dealkylation sites (tertiary alicyclic amines) is 1. The smallest absolute Gasteiger partial charge is 0.253 e. The number of amides is 2. The minimum Gasteiger partial charge on any atom is -0.338 e. The lowest BCUT2D eigenvalue weighted by atomic mass is 10.00. The number of carbonyl (C=O) groups is 2. The summed E-state index contributed by atoms with van der Waals surface area (Å²) in [6, 6.07) is 17.6. The van der Waals surface area contributed by atoms with Crippen molar-refractivity contribution in [1.29, 1.82) is 0 Å². The highest BCUT2D eigenvalue weighted by Gasteiger charge is 2.48. The molecule has 0 aromatic heterocycles. The van der Waals surface area contributed by atoms with E-state index >= 15 is 0 Å². The van der Waals surface area contributed by atoms with Gasteiger partial charge in [0.25, 0.3) is 5.91 Å². The van der Waals surface area contributed by atoms with Crippen LogP contribution >= 0.6 is 27.7 Å². The van der Waals surface area contributed by atoms with Crippen molar-refractivity contribution in [3.8, 4) is 0 Å². The van der Waals surface area contributed by atoms with Crippen LogP contribution in [0.4, 0.5) is 0 Å². The van der Waals surface area contributed by atoms with Crippen molar-refractivity contribution in [2.75, 3.05) is 18.8 Å². The number of thioether (sulfide) groups is 1. The number of piperidine rings is 1. The molecule has 140 valence electrons. The van der Waals surface area contributed by atoms with Crippen molar-refractivity contribution in [2.45, 2.75) is 24.3 Å². The average molecular weight is 445 g/mol. The quantitative estimate of drug-likeness (QED) is 0.713. The van der Waals surface area contributed by atoms with Crippen molar-refractivity contribution >= 4 is 39.5 Å². The largest absolute Gasteiger partial charge is 0.338 e. The zero-order valence-corrected chi connectivity index (χ0v) is 17.3. The van der Waals surface area contributed by atoms with Crippen LogP contribution in [0.15, 0.2) is 59.1 Å². The minimum atomic E-state index is -0.177. The SMILES string of the molecule is O=C(c1ccc(Br)cc1)N1CCC2(CC1)SCC(=O)N2Cc1ccccc1. The van der Waals surface area contributed by atoms with Gasteiger partial charge in [0, 0.05) is 29.7 Å². The molecular weight excluding hydrogens is 424 g/mol. The summed E-state index contributed by atoms with van der Waals surface area (Å²) in [5.41, 5.74) is 1.87. The van der Waals surface area contributed by atoms with Crippen LogP contribution in [0.2, 0.25) is 0 Å². The third-order valence-electron chi connectivity index (χ3n) is 5.36. The summed E-state index contributed by atoms with van der Waals surface area (Å²) in [4.78, 5) is 29.1. The Labute approximate surface area is 172 Å². The summed E-state index contributed by atoms with van der Waals surface area (Å²) in [5.74, 6) is 0.811. The molecule has 0 saturated carbocycles. The van der Waals surface area contributed by atoms with Gasteiger partial charge in [-0.25, -0.2) is 0 Å². The van der Waals surface area contributed by atoms with E-state index in [4.69, 9.17) is 0 Å². The van der Waals surface area contributed by atoms with Crippen LogP contribution in [0, 0.1) is 0 Å².